The molecule has 1 unspecified atom stereocenters. The van der Waals surface area contributed by atoms with Crippen molar-refractivity contribution in [2.24, 2.45) is 5.10 Å². The van der Waals surface area contributed by atoms with Gasteiger partial charge in [-0.2, -0.15) is 0 Å². The Balaban J connectivity index is 1.10. The Hall–Kier alpha value is -3.56. The van der Waals surface area contributed by atoms with E-state index in [-0.39, 0.29) is 36.6 Å². The van der Waals surface area contributed by atoms with Gasteiger partial charge in [0.1, 0.15) is 16.6 Å². The molecule has 11 nitrogen and oxygen atoms in total. The van der Waals surface area contributed by atoms with Gasteiger partial charge < -0.3 is 10.6 Å². The number of halogens is 2. The smallest absolute Gasteiger partial charge is 0.232 e. The number of rotatable bonds is 7. The molecular weight excluding hydrogens is 536 g/mol. The number of hydrogen-bond acceptors (Lipinski definition) is 11. The number of carbonyl (C=O) groups excluding carboxylic acids is 2. The lowest BCUT2D eigenvalue weighted by atomic mass is 9.86. The van der Waals surface area contributed by atoms with Crippen molar-refractivity contribution >= 4 is 45.4 Å². The van der Waals surface area contributed by atoms with Gasteiger partial charge in [0.05, 0.1) is 25.2 Å². The summed E-state index contributed by atoms with van der Waals surface area (Å²) in [6.07, 6.45) is 5.85. The van der Waals surface area contributed by atoms with Gasteiger partial charge in [0.2, 0.25) is 22.1 Å². The standard InChI is InChI=1S/C23H23F2N9O2S2/c24-14-4-6-16(26-11-14)9-19(35)28-22-31-30-21(37-22)13-2-1-3-18(8-13)34-33-32-23(38-34)29-20(36)10-17-7-5-15(25)12-27-17/h4-7,11-13,18,33H,1-3,8-10H2,(H,28,31,35)(H,29,32,36)/t13?,18-/m0/s1. The van der Waals surface area contributed by atoms with E-state index in [1.165, 1.54) is 47.6 Å². The summed E-state index contributed by atoms with van der Waals surface area (Å²) < 4.78 is 27.9. The van der Waals surface area contributed by atoms with Crippen molar-refractivity contribution in [2.75, 3.05) is 5.32 Å². The third kappa shape index (κ3) is 6.85. The molecule has 3 N–H and O–H groups in total. The van der Waals surface area contributed by atoms with Crippen molar-refractivity contribution < 1.29 is 18.4 Å². The highest BCUT2D eigenvalue weighted by atomic mass is 32.2. The van der Waals surface area contributed by atoms with Crippen molar-refractivity contribution in [3.63, 3.8) is 0 Å². The van der Waals surface area contributed by atoms with Gasteiger partial charge in [0.15, 0.2) is 0 Å². The first kappa shape index (κ1) is 26.1. The predicted octanol–water partition coefficient (Wildman–Crippen LogP) is 2.91. The lowest BCUT2D eigenvalue weighted by Gasteiger charge is -2.32. The van der Waals surface area contributed by atoms with Crippen LogP contribution in [0.5, 0.6) is 0 Å². The first-order chi connectivity index (χ1) is 18.4. The number of nitrogens with one attached hydrogen (secondary N) is 3. The number of anilines is 1. The molecule has 2 amide bonds. The van der Waals surface area contributed by atoms with Gasteiger partial charge in [-0.15, -0.1) is 19.7 Å². The molecule has 38 heavy (non-hydrogen) atoms. The van der Waals surface area contributed by atoms with E-state index < -0.39 is 11.6 Å². The number of aromatic nitrogens is 4. The van der Waals surface area contributed by atoms with E-state index in [1.807, 2.05) is 4.41 Å². The summed E-state index contributed by atoms with van der Waals surface area (Å²) >= 11 is 2.65. The van der Waals surface area contributed by atoms with Crippen LogP contribution in [0.4, 0.5) is 13.9 Å². The maximum Gasteiger partial charge on any atom is 0.232 e. The molecule has 0 radical (unpaired) electrons. The molecule has 1 fully saturated rings. The van der Waals surface area contributed by atoms with Crippen LogP contribution in [-0.4, -0.2) is 47.6 Å². The van der Waals surface area contributed by atoms with E-state index in [4.69, 9.17) is 0 Å². The van der Waals surface area contributed by atoms with Gasteiger partial charge >= 0.3 is 0 Å². The summed E-state index contributed by atoms with van der Waals surface area (Å²) in [5.74, 6) is -1.33. The highest BCUT2D eigenvalue weighted by Crippen LogP contribution is 2.39. The highest BCUT2D eigenvalue weighted by Gasteiger charge is 2.33. The van der Waals surface area contributed by atoms with Crippen molar-refractivity contribution in [3.8, 4) is 0 Å². The van der Waals surface area contributed by atoms with Crippen LogP contribution in [0.3, 0.4) is 0 Å². The van der Waals surface area contributed by atoms with Gasteiger partial charge in [0.25, 0.3) is 0 Å². The second-order valence-electron chi connectivity index (χ2n) is 8.78. The zero-order valence-electron chi connectivity index (χ0n) is 19.9. The lowest BCUT2D eigenvalue weighted by Crippen LogP contribution is -2.38. The summed E-state index contributed by atoms with van der Waals surface area (Å²) in [5, 5.41) is 19.8. The Morgan fingerprint density at radius 1 is 0.974 bits per heavy atom. The SMILES string of the molecule is O=C(Cc1ccc(F)cn1)NC1=NNN([C@H]2CCCC(c3nnc(NC(=O)Cc4ccc(F)cn4)s3)C2)S1. The fourth-order valence-electron chi connectivity index (χ4n) is 4.16. The van der Waals surface area contributed by atoms with Crippen LogP contribution >= 0.6 is 23.3 Å². The second kappa shape index (κ2) is 11.9. The molecule has 1 aliphatic carbocycles. The molecule has 0 spiro atoms. The Morgan fingerprint density at radius 3 is 2.32 bits per heavy atom. The van der Waals surface area contributed by atoms with Crippen LogP contribution in [0.1, 0.15) is 48.0 Å². The average Bonchev–Trinajstić information content (AvgIpc) is 3.57. The summed E-state index contributed by atoms with van der Waals surface area (Å²) in [7, 11) is 0. The van der Waals surface area contributed by atoms with E-state index in [2.05, 4.69) is 41.4 Å². The van der Waals surface area contributed by atoms with Crippen LogP contribution in [-0.2, 0) is 22.4 Å². The van der Waals surface area contributed by atoms with Crippen molar-refractivity contribution in [1.82, 2.24) is 35.4 Å². The largest absolute Gasteiger partial charge is 0.302 e. The number of hydrazine groups is 1. The Kier molecular flexibility index (Phi) is 8.14. The van der Waals surface area contributed by atoms with E-state index in [1.54, 1.807) is 0 Å². The first-order valence-corrected chi connectivity index (χ1v) is 13.4. The van der Waals surface area contributed by atoms with Crippen LogP contribution in [0, 0.1) is 11.6 Å². The van der Waals surface area contributed by atoms with Gasteiger partial charge in [-0.25, -0.2) is 14.3 Å². The monoisotopic (exact) mass is 559 g/mol. The van der Waals surface area contributed by atoms with Crippen LogP contribution in [0.25, 0.3) is 0 Å². The summed E-state index contributed by atoms with van der Waals surface area (Å²) in [6.45, 7) is 0. The van der Waals surface area contributed by atoms with Crippen molar-refractivity contribution in [3.05, 3.63) is 64.7 Å². The molecule has 1 aliphatic heterocycles. The molecule has 1 saturated carbocycles. The van der Waals surface area contributed by atoms with Crippen molar-refractivity contribution in [2.45, 2.75) is 50.5 Å². The minimum atomic E-state index is -0.455. The molecule has 5 rings (SSSR count). The first-order valence-electron chi connectivity index (χ1n) is 11.9. The van der Waals surface area contributed by atoms with E-state index in [9.17, 15) is 18.4 Å². The minimum absolute atomic E-state index is 0.0117. The maximum absolute atomic E-state index is 13.0. The topological polar surface area (TPSA) is 137 Å². The third-order valence-corrected chi connectivity index (χ3v) is 7.90. The molecule has 2 atom stereocenters. The normalized spacial score (nSPS) is 19.5. The van der Waals surface area contributed by atoms with E-state index >= 15 is 0 Å². The van der Waals surface area contributed by atoms with Gasteiger partial charge in [-0.05, 0) is 43.5 Å². The quantitative estimate of drug-likeness (QED) is 0.373. The van der Waals surface area contributed by atoms with E-state index in [0.29, 0.717) is 21.7 Å². The number of hydrogen-bond donors (Lipinski definition) is 3. The second-order valence-corrected chi connectivity index (χ2v) is 10.8. The Bertz CT molecular complexity index is 1320. The van der Waals surface area contributed by atoms with Gasteiger partial charge in [0, 0.05) is 35.3 Å². The molecule has 3 aromatic heterocycles. The molecular formula is C23H23F2N9O2S2. The number of carbonyl (C=O) groups is 2. The molecule has 0 aromatic carbocycles. The zero-order valence-corrected chi connectivity index (χ0v) is 21.6. The Morgan fingerprint density at radius 2 is 1.66 bits per heavy atom. The molecule has 2 aliphatic rings. The summed E-state index contributed by atoms with van der Waals surface area (Å²) in [6, 6.07) is 5.61. The number of amides is 2. The summed E-state index contributed by atoms with van der Waals surface area (Å²) in [5.41, 5.74) is 3.90. The number of nitrogens with zero attached hydrogens (tertiary/aromatic N) is 6. The van der Waals surface area contributed by atoms with E-state index in [0.717, 1.165) is 43.1 Å². The third-order valence-electron chi connectivity index (χ3n) is 5.96. The molecule has 0 bridgehead atoms. The van der Waals surface area contributed by atoms with Crippen molar-refractivity contribution in [1.29, 1.82) is 0 Å². The molecule has 15 heteroatoms. The van der Waals surface area contributed by atoms with Crippen LogP contribution in [0.15, 0.2) is 41.8 Å². The van der Waals surface area contributed by atoms with Gasteiger partial charge in [-0.3, -0.25) is 19.6 Å². The lowest BCUT2D eigenvalue weighted by molar-refractivity contribution is -0.119. The van der Waals surface area contributed by atoms with Gasteiger partial charge in [-0.1, -0.05) is 17.8 Å². The number of pyridine rings is 2. The fourth-order valence-corrected chi connectivity index (χ4v) is 5.92. The molecule has 198 valence electrons. The highest BCUT2D eigenvalue weighted by molar-refractivity contribution is 8.12. The van der Waals surface area contributed by atoms with Crippen LogP contribution < -0.4 is 16.2 Å². The number of amidine groups is 1. The zero-order chi connectivity index (χ0) is 26.5. The number of hydrazone groups is 1. The molecule has 0 saturated heterocycles. The predicted molar refractivity (Wildman–Crippen MR) is 137 cm³/mol. The Labute approximate surface area is 224 Å². The van der Waals surface area contributed by atoms with Crippen LogP contribution in [0.2, 0.25) is 0 Å². The molecule has 4 heterocycles. The maximum atomic E-state index is 13.0. The minimum Gasteiger partial charge on any atom is -0.302 e. The molecule has 3 aromatic rings. The summed E-state index contributed by atoms with van der Waals surface area (Å²) in [4.78, 5) is 32.4. The fraction of sp³-hybridized carbons (Fsp3) is 0.348. The average molecular weight is 560 g/mol.